The highest BCUT2D eigenvalue weighted by Crippen LogP contribution is 2.25. The van der Waals surface area contributed by atoms with Crippen LogP contribution in [0.3, 0.4) is 0 Å². The number of rotatable bonds is 5. The fraction of sp³-hybridized carbons (Fsp3) is 0.350. The predicted octanol–water partition coefficient (Wildman–Crippen LogP) is 3.24. The summed E-state index contributed by atoms with van der Waals surface area (Å²) in [5, 5.41) is 9.33. The molecule has 0 aliphatic carbocycles. The van der Waals surface area contributed by atoms with E-state index in [0.29, 0.717) is 6.04 Å². The highest BCUT2D eigenvalue weighted by molar-refractivity contribution is 5.67. The molecule has 2 aromatic rings. The van der Waals surface area contributed by atoms with Crippen molar-refractivity contribution in [1.29, 1.82) is 0 Å². The van der Waals surface area contributed by atoms with Gasteiger partial charge >= 0.3 is 5.97 Å². The first-order valence-electron chi connectivity index (χ1n) is 8.45. The van der Waals surface area contributed by atoms with E-state index in [1.54, 1.807) is 0 Å². The van der Waals surface area contributed by atoms with Crippen LogP contribution in [-0.2, 0) is 11.3 Å². The quantitative estimate of drug-likeness (QED) is 0.917. The zero-order chi connectivity index (χ0) is 16.9. The number of carboxylic acid groups (broad SMARTS) is 1. The molecule has 126 valence electrons. The molecular formula is C20H24N2O2. The second-order valence-electron chi connectivity index (χ2n) is 6.50. The van der Waals surface area contributed by atoms with Gasteiger partial charge in [0.2, 0.25) is 0 Å². The number of para-hydroxylation sites is 1. The molecule has 2 aromatic carbocycles. The molecule has 0 saturated carbocycles. The summed E-state index contributed by atoms with van der Waals surface area (Å²) in [6.07, 6.45) is 0.170. The molecule has 0 bridgehead atoms. The van der Waals surface area contributed by atoms with Crippen LogP contribution in [-0.4, -0.2) is 41.1 Å². The van der Waals surface area contributed by atoms with Crippen molar-refractivity contribution in [2.45, 2.75) is 32.0 Å². The van der Waals surface area contributed by atoms with Gasteiger partial charge in [-0.2, -0.15) is 0 Å². The fourth-order valence-electron chi connectivity index (χ4n) is 3.50. The second-order valence-corrected chi connectivity index (χ2v) is 6.50. The summed E-state index contributed by atoms with van der Waals surface area (Å²) in [5.74, 6) is -0.736. The summed E-state index contributed by atoms with van der Waals surface area (Å²) in [6, 6.07) is 20.9. The fourth-order valence-corrected chi connectivity index (χ4v) is 3.50. The highest BCUT2D eigenvalue weighted by atomic mass is 16.4. The molecule has 2 atom stereocenters. The van der Waals surface area contributed by atoms with E-state index < -0.39 is 5.97 Å². The van der Waals surface area contributed by atoms with Crippen LogP contribution < -0.4 is 4.90 Å². The van der Waals surface area contributed by atoms with Gasteiger partial charge in [0.1, 0.15) is 0 Å². The third-order valence-corrected chi connectivity index (χ3v) is 4.68. The standard InChI is InChI=1S/C20H24N2O2/c1-16-13-21(14-17-8-4-2-5-9-17)19(12-20(23)24)15-22(16)18-10-6-3-7-11-18/h2-11,16,19H,12-15H2,1H3,(H,23,24). The van der Waals surface area contributed by atoms with Gasteiger partial charge in [0, 0.05) is 37.4 Å². The molecule has 1 saturated heterocycles. The predicted molar refractivity (Wildman–Crippen MR) is 96.1 cm³/mol. The third kappa shape index (κ3) is 3.95. The zero-order valence-electron chi connectivity index (χ0n) is 14.0. The first kappa shape index (κ1) is 16.5. The van der Waals surface area contributed by atoms with Crippen molar-refractivity contribution in [2.24, 2.45) is 0 Å². The lowest BCUT2D eigenvalue weighted by molar-refractivity contribution is -0.138. The molecule has 1 N–H and O–H groups in total. The summed E-state index contributed by atoms with van der Waals surface area (Å²) in [5.41, 5.74) is 2.40. The summed E-state index contributed by atoms with van der Waals surface area (Å²) < 4.78 is 0. The van der Waals surface area contributed by atoms with Crippen molar-refractivity contribution >= 4 is 11.7 Å². The van der Waals surface area contributed by atoms with Crippen LogP contribution in [0.25, 0.3) is 0 Å². The first-order chi connectivity index (χ1) is 11.6. The van der Waals surface area contributed by atoms with Gasteiger partial charge in [0.15, 0.2) is 0 Å². The Bertz CT molecular complexity index is 660. The van der Waals surface area contributed by atoms with Crippen molar-refractivity contribution in [1.82, 2.24) is 4.90 Å². The molecule has 0 aromatic heterocycles. The van der Waals surface area contributed by atoms with Gasteiger partial charge < -0.3 is 10.0 Å². The molecule has 1 fully saturated rings. The number of benzene rings is 2. The summed E-state index contributed by atoms with van der Waals surface area (Å²) >= 11 is 0. The normalized spacial score (nSPS) is 21.6. The molecular weight excluding hydrogens is 300 g/mol. The number of hydrogen-bond acceptors (Lipinski definition) is 3. The Morgan fingerprint density at radius 1 is 1.04 bits per heavy atom. The highest BCUT2D eigenvalue weighted by Gasteiger charge is 2.32. The van der Waals surface area contributed by atoms with Gasteiger partial charge in [-0.15, -0.1) is 0 Å². The average molecular weight is 324 g/mol. The average Bonchev–Trinajstić information content (AvgIpc) is 2.58. The third-order valence-electron chi connectivity index (χ3n) is 4.68. The molecule has 1 aliphatic heterocycles. The lowest BCUT2D eigenvalue weighted by Gasteiger charge is -2.46. The largest absolute Gasteiger partial charge is 0.481 e. The number of nitrogens with zero attached hydrogens (tertiary/aromatic N) is 2. The number of piperazine rings is 1. The Balaban J connectivity index is 1.78. The number of anilines is 1. The van der Waals surface area contributed by atoms with E-state index in [1.165, 1.54) is 11.3 Å². The maximum Gasteiger partial charge on any atom is 0.305 e. The summed E-state index contributed by atoms with van der Waals surface area (Å²) in [6.45, 7) is 4.61. The van der Waals surface area contributed by atoms with Crippen molar-refractivity contribution in [3.8, 4) is 0 Å². The van der Waals surface area contributed by atoms with E-state index in [-0.39, 0.29) is 12.5 Å². The monoisotopic (exact) mass is 324 g/mol. The van der Waals surface area contributed by atoms with E-state index >= 15 is 0 Å². The van der Waals surface area contributed by atoms with Gasteiger partial charge in [0.05, 0.1) is 6.42 Å². The zero-order valence-corrected chi connectivity index (χ0v) is 14.0. The smallest absolute Gasteiger partial charge is 0.305 e. The Morgan fingerprint density at radius 3 is 2.29 bits per heavy atom. The minimum Gasteiger partial charge on any atom is -0.481 e. The lowest BCUT2D eigenvalue weighted by atomic mass is 10.0. The van der Waals surface area contributed by atoms with Crippen molar-refractivity contribution in [3.63, 3.8) is 0 Å². The van der Waals surface area contributed by atoms with E-state index in [0.717, 1.165) is 19.6 Å². The maximum atomic E-state index is 11.3. The van der Waals surface area contributed by atoms with Gasteiger partial charge in [0.25, 0.3) is 0 Å². The van der Waals surface area contributed by atoms with Crippen LogP contribution >= 0.6 is 0 Å². The number of aliphatic carboxylic acids is 1. The van der Waals surface area contributed by atoms with Crippen LogP contribution in [0.1, 0.15) is 18.9 Å². The molecule has 0 spiro atoms. The molecule has 1 heterocycles. The van der Waals surface area contributed by atoms with Crippen molar-refractivity contribution in [2.75, 3.05) is 18.0 Å². The Labute approximate surface area is 143 Å². The SMILES string of the molecule is CC1CN(Cc2ccccc2)C(CC(=O)O)CN1c1ccccc1. The van der Waals surface area contributed by atoms with Crippen LogP contribution in [0.5, 0.6) is 0 Å². The van der Waals surface area contributed by atoms with Crippen LogP contribution in [0.2, 0.25) is 0 Å². The lowest BCUT2D eigenvalue weighted by Crippen LogP contribution is -2.57. The van der Waals surface area contributed by atoms with Gasteiger partial charge in [-0.05, 0) is 24.6 Å². The second kappa shape index (κ2) is 7.49. The van der Waals surface area contributed by atoms with Gasteiger partial charge in [-0.3, -0.25) is 9.69 Å². The van der Waals surface area contributed by atoms with Crippen LogP contribution in [0, 0.1) is 0 Å². The van der Waals surface area contributed by atoms with Crippen LogP contribution in [0.4, 0.5) is 5.69 Å². The van der Waals surface area contributed by atoms with E-state index in [1.807, 2.05) is 36.4 Å². The van der Waals surface area contributed by atoms with E-state index in [2.05, 4.69) is 41.0 Å². The van der Waals surface area contributed by atoms with E-state index in [4.69, 9.17) is 0 Å². The molecule has 2 unspecified atom stereocenters. The summed E-state index contributed by atoms with van der Waals surface area (Å²) in [7, 11) is 0. The maximum absolute atomic E-state index is 11.3. The van der Waals surface area contributed by atoms with Gasteiger partial charge in [-0.1, -0.05) is 48.5 Å². The molecule has 4 nitrogen and oxygen atoms in total. The Kier molecular flexibility index (Phi) is 5.16. The van der Waals surface area contributed by atoms with Crippen molar-refractivity contribution < 1.29 is 9.90 Å². The van der Waals surface area contributed by atoms with Gasteiger partial charge in [-0.25, -0.2) is 0 Å². The minimum absolute atomic E-state index is 0.0131. The van der Waals surface area contributed by atoms with Crippen LogP contribution in [0.15, 0.2) is 60.7 Å². The molecule has 3 rings (SSSR count). The molecule has 24 heavy (non-hydrogen) atoms. The first-order valence-corrected chi connectivity index (χ1v) is 8.45. The van der Waals surface area contributed by atoms with E-state index in [9.17, 15) is 9.90 Å². The topological polar surface area (TPSA) is 43.8 Å². The number of carboxylic acids is 1. The molecule has 0 radical (unpaired) electrons. The molecule has 0 amide bonds. The molecule has 1 aliphatic rings. The summed E-state index contributed by atoms with van der Waals surface area (Å²) in [4.78, 5) is 16.0. The Hall–Kier alpha value is -2.33. The number of carbonyl (C=O) groups is 1. The Morgan fingerprint density at radius 2 is 1.67 bits per heavy atom. The number of hydrogen-bond donors (Lipinski definition) is 1. The van der Waals surface area contributed by atoms with Crippen molar-refractivity contribution in [3.05, 3.63) is 66.2 Å². The molecule has 4 heteroatoms. The minimum atomic E-state index is -0.736.